The SMILES string of the molecule is Cc1cccc(NC(=O)C2CCCN(C(=O)C(C)SCC(=O)Nc3ccc(F)cc3)C2)n1. The molecular weight excluding hydrogens is 431 g/mol. The lowest BCUT2D eigenvalue weighted by molar-refractivity contribution is -0.133. The van der Waals surface area contributed by atoms with Crippen molar-refractivity contribution in [2.24, 2.45) is 5.92 Å². The van der Waals surface area contributed by atoms with Gasteiger partial charge in [0.15, 0.2) is 0 Å². The zero-order valence-electron chi connectivity index (χ0n) is 18.1. The van der Waals surface area contributed by atoms with Crippen molar-refractivity contribution < 1.29 is 18.8 Å². The minimum absolute atomic E-state index is 0.0873. The number of amides is 3. The maximum absolute atomic E-state index is 13.0. The number of benzene rings is 1. The van der Waals surface area contributed by atoms with Crippen molar-refractivity contribution in [3.63, 3.8) is 0 Å². The monoisotopic (exact) mass is 458 g/mol. The van der Waals surface area contributed by atoms with Crippen molar-refractivity contribution in [1.82, 2.24) is 9.88 Å². The number of halogens is 1. The molecule has 1 saturated heterocycles. The van der Waals surface area contributed by atoms with Gasteiger partial charge in [-0.3, -0.25) is 14.4 Å². The Balaban J connectivity index is 1.47. The first kappa shape index (κ1) is 23.7. The fourth-order valence-electron chi connectivity index (χ4n) is 3.49. The third kappa shape index (κ3) is 6.78. The maximum Gasteiger partial charge on any atom is 0.235 e. The van der Waals surface area contributed by atoms with Crippen LogP contribution in [-0.4, -0.2) is 51.7 Å². The molecule has 1 aliphatic rings. The number of hydrogen-bond donors (Lipinski definition) is 2. The minimum atomic E-state index is -0.422. The summed E-state index contributed by atoms with van der Waals surface area (Å²) in [7, 11) is 0. The fraction of sp³-hybridized carbons (Fsp3) is 0.391. The van der Waals surface area contributed by atoms with Crippen LogP contribution in [-0.2, 0) is 14.4 Å². The number of thioether (sulfide) groups is 1. The molecule has 1 aliphatic heterocycles. The molecular formula is C23H27FN4O3S. The van der Waals surface area contributed by atoms with Crippen LogP contribution >= 0.6 is 11.8 Å². The Bertz CT molecular complexity index is 970. The van der Waals surface area contributed by atoms with Crippen LogP contribution in [0.5, 0.6) is 0 Å². The number of piperidine rings is 1. The molecule has 1 aromatic carbocycles. The van der Waals surface area contributed by atoms with Gasteiger partial charge in [0.05, 0.1) is 16.9 Å². The van der Waals surface area contributed by atoms with E-state index in [0.717, 1.165) is 12.1 Å². The first-order valence-corrected chi connectivity index (χ1v) is 11.6. The summed E-state index contributed by atoms with van der Waals surface area (Å²) in [6.07, 6.45) is 1.45. The predicted octanol–water partition coefficient (Wildman–Crippen LogP) is 3.47. The summed E-state index contributed by atoms with van der Waals surface area (Å²) in [6, 6.07) is 10.9. The Morgan fingerprint density at radius 3 is 2.66 bits per heavy atom. The number of nitrogens with zero attached hydrogens (tertiary/aromatic N) is 2. The molecule has 2 aromatic rings. The zero-order valence-corrected chi connectivity index (χ0v) is 19.0. The van der Waals surface area contributed by atoms with E-state index in [0.29, 0.717) is 31.0 Å². The number of hydrogen-bond acceptors (Lipinski definition) is 5. The summed E-state index contributed by atoms with van der Waals surface area (Å²) >= 11 is 1.23. The number of nitrogens with one attached hydrogen (secondary N) is 2. The Morgan fingerprint density at radius 2 is 1.94 bits per heavy atom. The molecule has 2 unspecified atom stereocenters. The molecule has 0 radical (unpaired) electrons. The topological polar surface area (TPSA) is 91.4 Å². The molecule has 1 fully saturated rings. The van der Waals surface area contributed by atoms with Crippen molar-refractivity contribution in [2.75, 3.05) is 29.5 Å². The number of rotatable bonds is 7. The van der Waals surface area contributed by atoms with Crippen LogP contribution < -0.4 is 10.6 Å². The van der Waals surface area contributed by atoms with Crippen LogP contribution in [0.1, 0.15) is 25.5 Å². The van der Waals surface area contributed by atoms with Gasteiger partial charge in [-0.25, -0.2) is 9.37 Å². The van der Waals surface area contributed by atoms with E-state index in [1.54, 1.807) is 17.9 Å². The first-order chi connectivity index (χ1) is 15.3. The molecule has 32 heavy (non-hydrogen) atoms. The highest BCUT2D eigenvalue weighted by Gasteiger charge is 2.31. The highest BCUT2D eigenvalue weighted by Crippen LogP contribution is 2.22. The van der Waals surface area contributed by atoms with E-state index in [-0.39, 0.29) is 35.2 Å². The standard InChI is InChI=1S/C23H27FN4O3S/c1-15-5-3-7-20(25-15)27-22(30)17-6-4-12-28(13-17)23(31)16(2)32-14-21(29)26-19-10-8-18(24)9-11-19/h3,5,7-11,16-17H,4,6,12-14H2,1-2H3,(H,26,29)(H,25,27,30). The third-order valence-electron chi connectivity index (χ3n) is 5.18. The maximum atomic E-state index is 13.0. The largest absolute Gasteiger partial charge is 0.341 e. The van der Waals surface area contributed by atoms with Crippen LogP contribution in [0.15, 0.2) is 42.5 Å². The normalized spacial score (nSPS) is 16.8. The van der Waals surface area contributed by atoms with Gasteiger partial charge in [-0.1, -0.05) is 6.07 Å². The summed E-state index contributed by atoms with van der Waals surface area (Å²) in [5, 5.41) is 5.10. The number of likely N-dealkylation sites (tertiary alicyclic amines) is 1. The molecule has 9 heteroatoms. The summed E-state index contributed by atoms with van der Waals surface area (Å²) in [5.74, 6) is -0.553. The molecule has 0 bridgehead atoms. The minimum Gasteiger partial charge on any atom is -0.341 e. The zero-order chi connectivity index (χ0) is 23.1. The van der Waals surface area contributed by atoms with Gasteiger partial charge in [0.2, 0.25) is 17.7 Å². The van der Waals surface area contributed by atoms with Crippen LogP contribution in [0.2, 0.25) is 0 Å². The fourth-order valence-corrected chi connectivity index (χ4v) is 4.26. The van der Waals surface area contributed by atoms with E-state index in [4.69, 9.17) is 0 Å². The average Bonchev–Trinajstić information content (AvgIpc) is 2.78. The van der Waals surface area contributed by atoms with Crippen LogP contribution in [0.4, 0.5) is 15.9 Å². The molecule has 3 amide bonds. The highest BCUT2D eigenvalue weighted by atomic mass is 32.2. The highest BCUT2D eigenvalue weighted by molar-refractivity contribution is 8.01. The van der Waals surface area contributed by atoms with Crippen LogP contribution in [0.25, 0.3) is 0 Å². The molecule has 0 saturated carbocycles. The van der Waals surface area contributed by atoms with Crippen molar-refractivity contribution in [2.45, 2.75) is 31.9 Å². The van der Waals surface area contributed by atoms with E-state index in [9.17, 15) is 18.8 Å². The smallest absolute Gasteiger partial charge is 0.235 e. The molecule has 1 aromatic heterocycles. The summed E-state index contributed by atoms with van der Waals surface area (Å²) in [5.41, 5.74) is 1.32. The Kier molecular flexibility index (Phi) is 8.21. The summed E-state index contributed by atoms with van der Waals surface area (Å²) in [6.45, 7) is 4.56. The van der Waals surface area contributed by atoms with E-state index in [1.165, 1.54) is 36.0 Å². The number of carbonyl (C=O) groups excluding carboxylic acids is 3. The summed E-state index contributed by atoms with van der Waals surface area (Å²) < 4.78 is 13.0. The van der Waals surface area contributed by atoms with Gasteiger partial charge < -0.3 is 15.5 Å². The van der Waals surface area contributed by atoms with Gasteiger partial charge >= 0.3 is 0 Å². The van der Waals surface area contributed by atoms with Gasteiger partial charge in [-0.15, -0.1) is 11.8 Å². The van der Waals surface area contributed by atoms with Gasteiger partial charge in [-0.05, 0) is 63.1 Å². The van der Waals surface area contributed by atoms with Crippen molar-refractivity contribution in [3.05, 3.63) is 54.0 Å². The van der Waals surface area contributed by atoms with Crippen molar-refractivity contribution >= 4 is 41.0 Å². The average molecular weight is 459 g/mol. The quantitative estimate of drug-likeness (QED) is 0.663. The van der Waals surface area contributed by atoms with Gasteiger partial charge in [-0.2, -0.15) is 0 Å². The molecule has 2 heterocycles. The van der Waals surface area contributed by atoms with E-state index in [2.05, 4.69) is 15.6 Å². The third-order valence-corrected chi connectivity index (χ3v) is 6.31. The number of anilines is 2. The first-order valence-electron chi connectivity index (χ1n) is 10.5. The Hall–Kier alpha value is -2.94. The van der Waals surface area contributed by atoms with Crippen LogP contribution in [0, 0.1) is 18.7 Å². The number of pyridine rings is 1. The molecule has 2 atom stereocenters. The lowest BCUT2D eigenvalue weighted by atomic mass is 9.97. The number of carbonyl (C=O) groups is 3. The van der Waals surface area contributed by atoms with E-state index in [1.807, 2.05) is 19.1 Å². The second-order valence-corrected chi connectivity index (χ2v) is 9.11. The molecule has 170 valence electrons. The molecule has 3 rings (SSSR count). The Morgan fingerprint density at radius 1 is 1.19 bits per heavy atom. The lowest BCUT2D eigenvalue weighted by Crippen LogP contribution is -2.46. The number of aryl methyl sites for hydroxylation is 1. The van der Waals surface area contributed by atoms with Gasteiger partial charge in [0, 0.05) is 24.5 Å². The lowest BCUT2D eigenvalue weighted by Gasteiger charge is -2.33. The van der Waals surface area contributed by atoms with Crippen molar-refractivity contribution in [3.8, 4) is 0 Å². The Labute approximate surface area is 191 Å². The van der Waals surface area contributed by atoms with Crippen LogP contribution in [0.3, 0.4) is 0 Å². The molecule has 2 N–H and O–H groups in total. The molecule has 7 nitrogen and oxygen atoms in total. The van der Waals surface area contributed by atoms with Gasteiger partial charge in [0.25, 0.3) is 0 Å². The predicted molar refractivity (Wildman–Crippen MR) is 124 cm³/mol. The van der Waals surface area contributed by atoms with E-state index < -0.39 is 5.25 Å². The second kappa shape index (κ2) is 11.1. The second-order valence-electron chi connectivity index (χ2n) is 7.79. The molecule has 0 spiro atoms. The van der Waals surface area contributed by atoms with Gasteiger partial charge in [0.1, 0.15) is 11.6 Å². The number of aromatic nitrogens is 1. The van der Waals surface area contributed by atoms with Crippen molar-refractivity contribution in [1.29, 1.82) is 0 Å². The molecule has 0 aliphatic carbocycles. The van der Waals surface area contributed by atoms with E-state index >= 15 is 0 Å². The summed E-state index contributed by atoms with van der Waals surface area (Å²) in [4.78, 5) is 43.6.